The van der Waals surface area contributed by atoms with E-state index < -0.39 is 5.82 Å². The second kappa shape index (κ2) is 6.57. The van der Waals surface area contributed by atoms with Gasteiger partial charge in [0.15, 0.2) is 18.2 Å². The molecular weight excluding hydrogens is 325 g/mol. The molecule has 0 aliphatic carbocycles. The minimum Gasteiger partial charge on any atom is -0.481 e. The van der Waals surface area contributed by atoms with Crippen LogP contribution in [0.5, 0.6) is 5.75 Å². The molecule has 0 bridgehead atoms. The lowest BCUT2D eigenvalue weighted by Crippen LogP contribution is -2.49. The van der Waals surface area contributed by atoms with Crippen molar-refractivity contribution < 1.29 is 13.9 Å². The quantitative estimate of drug-likeness (QED) is 0.836. The minimum absolute atomic E-state index is 0.0768. The van der Waals surface area contributed by atoms with E-state index in [2.05, 4.69) is 15.9 Å². The summed E-state index contributed by atoms with van der Waals surface area (Å²) in [6, 6.07) is 4.99. The van der Waals surface area contributed by atoms with Crippen molar-refractivity contribution >= 4 is 21.8 Å². The van der Waals surface area contributed by atoms with Gasteiger partial charge in [0.1, 0.15) is 0 Å². The van der Waals surface area contributed by atoms with Gasteiger partial charge in [-0.25, -0.2) is 4.39 Å². The summed E-state index contributed by atoms with van der Waals surface area (Å²) in [6.07, 6.45) is 3.18. The van der Waals surface area contributed by atoms with E-state index in [1.54, 1.807) is 6.07 Å². The zero-order valence-electron chi connectivity index (χ0n) is 11.7. The van der Waals surface area contributed by atoms with Crippen molar-refractivity contribution in [2.45, 2.75) is 45.2 Å². The Morgan fingerprint density at radius 1 is 1.40 bits per heavy atom. The van der Waals surface area contributed by atoms with Crippen LogP contribution in [0.15, 0.2) is 22.7 Å². The second-order valence-corrected chi connectivity index (χ2v) is 6.21. The molecule has 3 nitrogen and oxygen atoms in total. The molecule has 0 N–H and O–H groups in total. The highest BCUT2D eigenvalue weighted by molar-refractivity contribution is 9.10. The number of rotatable bonds is 3. The Hall–Kier alpha value is -1.10. The van der Waals surface area contributed by atoms with Gasteiger partial charge in [-0.3, -0.25) is 4.79 Å². The van der Waals surface area contributed by atoms with Gasteiger partial charge < -0.3 is 9.64 Å². The molecule has 1 fully saturated rings. The number of carbonyl (C=O) groups excluding carboxylic acids is 1. The Balaban J connectivity index is 1.97. The number of hydrogen-bond donors (Lipinski definition) is 0. The normalized spacial score (nSPS) is 22.7. The van der Waals surface area contributed by atoms with E-state index in [0.29, 0.717) is 4.47 Å². The molecule has 1 aromatic carbocycles. The molecule has 1 aliphatic rings. The van der Waals surface area contributed by atoms with Crippen LogP contribution in [0.2, 0.25) is 0 Å². The molecule has 20 heavy (non-hydrogen) atoms. The summed E-state index contributed by atoms with van der Waals surface area (Å²) in [7, 11) is 0. The van der Waals surface area contributed by atoms with E-state index in [1.165, 1.54) is 12.1 Å². The van der Waals surface area contributed by atoms with E-state index in [-0.39, 0.29) is 30.3 Å². The van der Waals surface area contributed by atoms with Crippen LogP contribution in [0.4, 0.5) is 4.39 Å². The average Bonchev–Trinajstić information content (AvgIpc) is 2.37. The van der Waals surface area contributed by atoms with E-state index in [9.17, 15) is 9.18 Å². The van der Waals surface area contributed by atoms with Gasteiger partial charge in [0, 0.05) is 16.6 Å². The molecule has 0 aromatic heterocycles. The van der Waals surface area contributed by atoms with Crippen molar-refractivity contribution in [2.75, 3.05) is 6.61 Å². The summed E-state index contributed by atoms with van der Waals surface area (Å²) >= 11 is 3.18. The molecule has 1 aliphatic heterocycles. The monoisotopic (exact) mass is 343 g/mol. The number of nitrogens with zero attached hydrogens (tertiary/aromatic N) is 1. The van der Waals surface area contributed by atoms with E-state index in [1.807, 2.05) is 18.7 Å². The first kappa shape index (κ1) is 15.3. The maximum Gasteiger partial charge on any atom is 0.260 e. The molecular formula is C15H19BrFNO2. The Kier molecular flexibility index (Phi) is 5.02. The Morgan fingerprint density at radius 2 is 2.05 bits per heavy atom. The second-order valence-electron chi connectivity index (χ2n) is 5.29. The smallest absolute Gasteiger partial charge is 0.260 e. The Labute approximate surface area is 127 Å². The highest BCUT2D eigenvalue weighted by Crippen LogP contribution is 2.24. The SMILES string of the molecule is CC1CCCC(C)N1C(=O)COc1ccc(Br)cc1F. The van der Waals surface area contributed by atoms with Gasteiger partial charge in [-0.15, -0.1) is 0 Å². The van der Waals surface area contributed by atoms with Crippen molar-refractivity contribution in [3.8, 4) is 5.75 Å². The third-order valence-electron chi connectivity index (χ3n) is 3.73. The molecule has 0 spiro atoms. The summed E-state index contributed by atoms with van der Waals surface area (Å²) < 4.78 is 19.6. The maximum absolute atomic E-state index is 13.6. The number of benzene rings is 1. The molecule has 1 aromatic rings. The number of piperidine rings is 1. The van der Waals surface area contributed by atoms with Crippen molar-refractivity contribution in [1.82, 2.24) is 4.90 Å². The molecule has 2 rings (SSSR count). The van der Waals surface area contributed by atoms with Crippen LogP contribution in [0, 0.1) is 5.82 Å². The molecule has 110 valence electrons. The summed E-state index contributed by atoms with van der Waals surface area (Å²) in [6.45, 7) is 3.98. The number of hydrogen-bond acceptors (Lipinski definition) is 2. The third-order valence-corrected chi connectivity index (χ3v) is 4.22. The summed E-state index contributed by atoms with van der Waals surface area (Å²) in [4.78, 5) is 14.1. The first-order valence-corrected chi connectivity index (χ1v) is 7.67. The lowest BCUT2D eigenvalue weighted by molar-refractivity contribution is -0.139. The summed E-state index contributed by atoms with van der Waals surface area (Å²) in [5.41, 5.74) is 0. The number of halogens is 2. The molecule has 2 atom stereocenters. The van der Waals surface area contributed by atoms with Gasteiger partial charge in [0.05, 0.1) is 0 Å². The fourth-order valence-electron chi connectivity index (χ4n) is 2.72. The zero-order chi connectivity index (χ0) is 14.7. The lowest BCUT2D eigenvalue weighted by Gasteiger charge is -2.38. The van der Waals surface area contributed by atoms with Crippen LogP contribution in [-0.4, -0.2) is 29.5 Å². The highest BCUT2D eigenvalue weighted by Gasteiger charge is 2.29. The van der Waals surface area contributed by atoms with Gasteiger partial charge in [0.2, 0.25) is 0 Å². The average molecular weight is 344 g/mol. The molecule has 0 saturated carbocycles. The van der Waals surface area contributed by atoms with Crippen LogP contribution in [-0.2, 0) is 4.79 Å². The van der Waals surface area contributed by atoms with Gasteiger partial charge >= 0.3 is 0 Å². The van der Waals surface area contributed by atoms with Gasteiger partial charge in [0.25, 0.3) is 5.91 Å². The van der Waals surface area contributed by atoms with Crippen LogP contribution in [0.25, 0.3) is 0 Å². The van der Waals surface area contributed by atoms with Crippen molar-refractivity contribution in [1.29, 1.82) is 0 Å². The maximum atomic E-state index is 13.6. The zero-order valence-corrected chi connectivity index (χ0v) is 13.3. The molecule has 1 saturated heterocycles. The largest absolute Gasteiger partial charge is 0.481 e. The molecule has 2 unspecified atom stereocenters. The third kappa shape index (κ3) is 3.51. The number of carbonyl (C=O) groups is 1. The predicted octanol–water partition coefficient (Wildman–Crippen LogP) is 3.76. The molecule has 5 heteroatoms. The van der Waals surface area contributed by atoms with Gasteiger partial charge in [-0.05, 0) is 51.3 Å². The predicted molar refractivity (Wildman–Crippen MR) is 79.2 cm³/mol. The molecule has 0 radical (unpaired) electrons. The fourth-order valence-corrected chi connectivity index (χ4v) is 3.05. The van der Waals surface area contributed by atoms with Gasteiger partial charge in [-0.2, -0.15) is 0 Å². The molecule has 1 amide bonds. The number of amides is 1. The van der Waals surface area contributed by atoms with Crippen LogP contribution in [0.3, 0.4) is 0 Å². The first-order chi connectivity index (χ1) is 9.49. The number of ether oxygens (including phenoxy) is 1. The van der Waals surface area contributed by atoms with Crippen molar-refractivity contribution in [3.05, 3.63) is 28.5 Å². The van der Waals surface area contributed by atoms with Crippen molar-refractivity contribution in [2.24, 2.45) is 0 Å². The standard InChI is InChI=1S/C15H19BrFNO2/c1-10-4-3-5-11(2)18(10)15(19)9-20-14-7-6-12(16)8-13(14)17/h6-8,10-11H,3-5,9H2,1-2H3. The van der Waals surface area contributed by atoms with E-state index in [4.69, 9.17) is 4.74 Å². The van der Waals surface area contributed by atoms with E-state index >= 15 is 0 Å². The topological polar surface area (TPSA) is 29.5 Å². The van der Waals surface area contributed by atoms with Crippen LogP contribution in [0.1, 0.15) is 33.1 Å². The summed E-state index contributed by atoms with van der Waals surface area (Å²) in [5, 5.41) is 0. The number of likely N-dealkylation sites (tertiary alicyclic amines) is 1. The minimum atomic E-state index is -0.466. The van der Waals surface area contributed by atoms with E-state index in [0.717, 1.165) is 19.3 Å². The van der Waals surface area contributed by atoms with Crippen LogP contribution < -0.4 is 4.74 Å². The van der Waals surface area contributed by atoms with Crippen molar-refractivity contribution in [3.63, 3.8) is 0 Å². The Morgan fingerprint density at radius 3 is 2.65 bits per heavy atom. The first-order valence-electron chi connectivity index (χ1n) is 6.88. The molecule has 1 heterocycles. The fraction of sp³-hybridized carbons (Fsp3) is 0.533. The Bertz CT molecular complexity index is 485. The lowest BCUT2D eigenvalue weighted by atomic mass is 9.97. The van der Waals surface area contributed by atoms with Gasteiger partial charge in [-0.1, -0.05) is 15.9 Å². The van der Waals surface area contributed by atoms with Crippen LogP contribution >= 0.6 is 15.9 Å². The summed E-state index contributed by atoms with van der Waals surface area (Å²) in [5.74, 6) is -0.433. The highest BCUT2D eigenvalue weighted by atomic mass is 79.9.